The van der Waals surface area contributed by atoms with Gasteiger partial charge in [0.2, 0.25) is 0 Å². The number of aliphatic hydroxyl groups excluding tert-OH is 1. The highest BCUT2D eigenvalue weighted by molar-refractivity contribution is 5.96. The number of benzene rings is 2. The number of aliphatic hydroxyl groups is 1. The quantitative estimate of drug-likeness (QED) is 0.340. The van der Waals surface area contributed by atoms with Gasteiger partial charge in [0, 0.05) is 30.0 Å². The van der Waals surface area contributed by atoms with Crippen LogP contribution in [-0.2, 0) is 9.59 Å². The third-order valence-corrected chi connectivity index (χ3v) is 5.21. The number of carbonyl (C=O) groups is 1. The molecular weight excluding hydrogens is 466 g/mol. The lowest BCUT2D eigenvalue weighted by molar-refractivity contribution is -0.191. The van der Waals surface area contributed by atoms with Gasteiger partial charge in [-0.2, -0.15) is 9.59 Å². The lowest BCUT2D eigenvalue weighted by Crippen LogP contribution is -2.38. The molecule has 3 rings (SSSR count). The summed E-state index contributed by atoms with van der Waals surface area (Å²) >= 11 is 0. The predicted octanol–water partition coefficient (Wildman–Crippen LogP) is 2.90. The van der Waals surface area contributed by atoms with Gasteiger partial charge in [-0.1, -0.05) is 13.0 Å². The zero-order valence-electron chi connectivity index (χ0n) is 20.6. The van der Waals surface area contributed by atoms with E-state index < -0.39 is 0 Å². The maximum absolute atomic E-state index is 12.8. The van der Waals surface area contributed by atoms with Crippen molar-refractivity contribution in [3.63, 3.8) is 0 Å². The van der Waals surface area contributed by atoms with Crippen molar-refractivity contribution < 1.29 is 33.7 Å². The highest BCUT2D eigenvalue weighted by Gasteiger charge is 2.17. The molecule has 192 valence electrons. The van der Waals surface area contributed by atoms with Crippen molar-refractivity contribution >= 4 is 28.6 Å². The molecule has 0 unspecified atom stereocenters. The lowest BCUT2D eigenvalue weighted by atomic mass is 10.1. The first-order chi connectivity index (χ1) is 17.4. The molecule has 0 spiro atoms. The number of amides is 1. The summed E-state index contributed by atoms with van der Waals surface area (Å²) in [5, 5.41) is 12.7. The normalized spacial score (nSPS) is 11.0. The van der Waals surface area contributed by atoms with E-state index in [1.807, 2.05) is 38.1 Å². The molecule has 1 amide bonds. The SMILES string of the molecule is CC[C@@H](COc1cccc2nc(C)cc(N)c12)NC(=O)c1ccc(OCCCO)c(OC)c1.O=C=O. The van der Waals surface area contributed by atoms with Gasteiger partial charge < -0.3 is 30.4 Å². The number of aryl methyl sites for hydroxylation is 1. The molecule has 1 aromatic heterocycles. The molecule has 0 saturated carbocycles. The zero-order chi connectivity index (χ0) is 26.5. The molecular formula is C26H31N3O7. The molecule has 10 nitrogen and oxygen atoms in total. The van der Waals surface area contributed by atoms with Crippen LogP contribution < -0.4 is 25.3 Å². The van der Waals surface area contributed by atoms with E-state index in [-0.39, 0.29) is 31.3 Å². The smallest absolute Gasteiger partial charge is 0.373 e. The van der Waals surface area contributed by atoms with E-state index in [1.165, 1.54) is 7.11 Å². The van der Waals surface area contributed by atoms with Gasteiger partial charge in [0.1, 0.15) is 12.4 Å². The summed E-state index contributed by atoms with van der Waals surface area (Å²) < 4.78 is 17.0. The number of hydrogen-bond acceptors (Lipinski definition) is 9. The Balaban J connectivity index is 0.00000145. The van der Waals surface area contributed by atoms with Gasteiger partial charge in [0.25, 0.3) is 5.91 Å². The summed E-state index contributed by atoms with van der Waals surface area (Å²) in [6.45, 7) is 4.57. The van der Waals surface area contributed by atoms with E-state index in [0.717, 1.165) is 16.6 Å². The van der Waals surface area contributed by atoms with E-state index >= 15 is 0 Å². The van der Waals surface area contributed by atoms with Crippen LogP contribution in [0.1, 0.15) is 35.8 Å². The molecule has 0 aliphatic carbocycles. The van der Waals surface area contributed by atoms with E-state index in [9.17, 15) is 4.79 Å². The van der Waals surface area contributed by atoms with E-state index in [4.69, 9.17) is 34.6 Å². The molecule has 2 aromatic carbocycles. The van der Waals surface area contributed by atoms with E-state index in [2.05, 4.69) is 10.3 Å². The number of rotatable bonds is 11. The van der Waals surface area contributed by atoms with Gasteiger partial charge in [0.15, 0.2) is 11.5 Å². The van der Waals surface area contributed by atoms with E-state index in [1.54, 1.807) is 18.2 Å². The van der Waals surface area contributed by atoms with Crippen molar-refractivity contribution in [1.82, 2.24) is 10.3 Å². The summed E-state index contributed by atoms with van der Waals surface area (Å²) in [4.78, 5) is 33.6. The van der Waals surface area contributed by atoms with Gasteiger partial charge in [0.05, 0.1) is 30.7 Å². The predicted molar refractivity (Wildman–Crippen MR) is 133 cm³/mol. The number of nitrogens with zero attached hydrogens (tertiary/aromatic N) is 1. The number of aromatic nitrogens is 1. The summed E-state index contributed by atoms with van der Waals surface area (Å²) in [5.41, 5.74) is 8.89. The molecule has 36 heavy (non-hydrogen) atoms. The molecule has 0 fully saturated rings. The molecule has 3 aromatic rings. The number of carbonyl (C=O) groups excluding carboxylic acids is 3. The fraction of sp³-hybridized carbons (Fsp3) is 0.346. The molecule has 10 heteroatoms. The Kier molecular flexibility index (Phi) is 11.2. The summed E-state index contributed by atoms with van der Waals surface area (Å²) in [5.74, 6) is 1.38. The molecule has 1 heterocycles. The minimum absolute atomic E-state index is 0.0464. The number of ether oxygens (including phenoxy) is 3. The second kappa shape index (κ2) is 14.3. The minimum atomic E-state index is -0.236. The number of fused-ring (bicyclic) bond motifs is 1. The van der Waals surface area contributed by atoms with Crippen LogP contribution in [0.4, 0.5) is 5.69 Å². The Morgan fingerprint density at radius 1 is 1.14 bits per heavy atom. The molecule has 0 bridgehead atoms. The van der Waals surface area contributed by atoms with Gasteiger partial charge in [-0.25, -0.2) is 0 Å². The maximum Gasteiger partial charge on any atom is 0.373 e. The van der Waals surface area contributed by atoms with Gasteiger partial charge in [-0.3, -0.25) is 9.78 Å². The number of nitrogens with one attached hydrogen (secondary N) is 1. The standard InChI is InChI=1S/C25H31N3O5.CO2/c1-4-18(15-33-22-8-5-7-20-24(22)19(26)13-16(2)27-20)28-25(30)17-9-10-21(23(14-17)31-3)32-12-6-11-29;2-1-3/h5,7-10,13-14,18,29H,4,6,11-12,15H2,1-3H3,(H2,26,27)(H,28,30);/t18-;/m0./s1. The molecule has 0 radical (unpaired) electrons. The molecule has 0 saturated heterocycles. The van der Waals surface area contributed by atoms with Crippen LogP contribution in [0.2, 0.25) is 0 Å². The maximum atomic E-state index is 12.8. The van der Waals surface area contributed by atoms with Crippen molar-refractivity contribution in [2.45, 2.75) is 32.7 Å². The van der Waals surface area contributed by atoms with Crippen LogP contribution in [-0.4, -0.2) is 55.1 Å². The minimum Gasteiger partial charge on any atom is -0.493 e. The highest BCUT2D eigenvalue weighted by Crippen LogP contribution is 2.31. The van der Waals surface area contributed by atoms with Gasteiger partial charge in [-0.15, -0.1) is 0 Å². The van der Waals surface area contributed by atoms with Gasteiger partial charge in [-0.05, 0) is 49.7 Å². The second-order valence-electron chi connectivity index (χ2n) is 7.77. The van der Waals surface area contributed by atoms with Crippen molar-refractivity contribution in [2.75, 3.05) is 32.7 Å². The molecule has 0 aliphatic heterocycles. The second-order valence-corrected chi connectivity index (χ2v) is 7.77. The first-order valence-electron chi connectivity index (χ1n) is 11.4. The van der Waals surface area contributed by atoms with Gasteiger partial charge >= 0.3 is 6.15 Å². The van der Waals surface area contributed by atoms with Crippen LogP contribution in [0, 0.1) is 6.92 Å². The van der Waals surface area contributed by atoms with Crippen LogP contribution in [0.3, 0.4) is 0 Å². The average Bonchev–Trinajstić information content (AvgIpc) is 2.86. The molecule has 1 atom stereocenters. The Morgan fingerprint density at radius 3 is 2.56 bits per heavy atom. The Labute approximate surface area is 209 Å². The lowest BCUT2D eigenvalue weighted by Gasteiger charge is -2.19. The summed E-state index contributed by atoms with van der Waals surface area (Å²) in [6.07, 6.45) is 1.45. The fourth-order valence-electron chi connectivity index (χ4n) is 3.44. The van der Waals surface area contributed by atoms with Crippen LogP contribution >= 0.6 is 0 Å². The third-order valence-electron chi connectivity index (χ3n) is 5.21. The summed E-state index contributed by atoms with van der Waals surface area (Å²) in [6, 6.07) is 12.2. The fourth-order valence-corrected chi connectivity index (χ4v) is 3.44. The van der Waals surface area contributed by atoms with Crippen LogP contribution in [0.15, 0.2) is 42.5 Å². The molecule has 4 N–H and O–H groups in total. The number of anilines is 1. The van der Waals surface area contributed by atoms with Crippen molar-refractivity contribution in [3.8, 4) is 17.2 Å². The molecule has 0 aliphatic rings. The first-order valence-corrected chi connectivity index (χ1v) is 11.4. The van der Waals surface area contributed by atoms with E-state index in [0.29, 0.717) is 47.9 Å². The van der Waals surface area contributed by atoms with Crippen molar-refractivity contribution in [2.24, 2.45) is 0 Å². The van der Waals surface area contributed by atoms with Crippen LogP contribution in [0.25, 0.3) is 10.9 Å². The Bertz CT molecular complexity index is 1190. The number of hydrogen-bond donors (Lipinski definition) is 3. The Hall–Kier alpha value is -4.14. The highest BCUT2D eigenvalue weighted by atomic mass is 16.5. The summed E-state index contributed by atoms with van der Waals surface area (Å²) in [7, 11) is 1.52. The zero-order valence-corrected chi connectivity index (χ0v) is 20.6. The van der Waals surface area contributed by atoms with Crippen molar-refractivity contribution in [3.05, 3.63) is 53.7 Å². The monoisotopic (exact) mass is 497 g/mol. The number of nitrogen functional groups attached to an aromatic ring is 1. The number of nitrogens with two attached hydrogens (primary N) is 1. The first kappa shape index (κ1) is 28.1. The number of methoxy groups -OCH3 is 1. The third kappa shape index (κ3) is 7.69. The largest absolute Gasteiger partial charge is 0.493 e. The number of pyridine rings is 1. The van der Waals surface area contributed by atoms with Crippen molar-refractivity contribution in [1.29, 1.82) is 0 Å². The average molecular weight is 498 g/mol. The van der Waals surface area contributed by atoms with Crippen LogP contribution in [0.5, 0.6) is 17.2 Å². The topological polar surface area (TPSA) is 150 Å². The Morgan fingerprint density at radius 2 is 1.89 bits per heavy atom.